The Balaban J connectivity index is 1.32. The number of nitrogens with two attached hydrogens (primary N) is 1. The van der Waals surface area contributed by atoms with Crippen molar-refractivity contribution in [2.75, 3.05) is 17.6 Å². The maximum Gasteiger partial charge on any atom is 0.264 e. The fraction of sp³-hybridized carbons (Fsp3) is 0.296. The van der Waals surface area contributed by atoms with Crippen LogP contribution in [0.1, 0.15) is 59.8 Å². The van der Waals surface area contributed by atoms with Gasteiger partial charge in [-0.15, -0.1) is 0 Å². The summed E-state index contributed by atoms with van der Waals surface area (Å²) in [6.45, 7) is 0.534. The molecule has 3 N–H and O–H groups in total. The Kier molecular flexibility index (Phi) is 6.16. The third-order valence-electron chi connectivity index (χ3n) is 7.46. The third-order valence-corrected chi connectivity index (χ3v) is 7.46. The molecule has 39 heavy (non-hydrogen) atoms. The normalized spacial score (nSPS) is 19.1. The summed E-state index contributed by atoms with van der Waals surface area (Å²) in [5.41, 5.74) is 6.73. The van der Waals surface area contributed by atoms with E-state index in [0.29, 0.717) is 24.3 Å². The Morgan fingerprint density at radius 3 is 2.74 bits per heavy atom. The number of anilines is 2. The van der Waals surface area contributed by atoms with Crippen molar-refractivity contribution in [3.05, 3.63) is 71.7 Å². The topological polar surface area (TPSA) is 119 Å². The van der Waals surface area contributed by atoms with Gasteiger partial charge in [0, 0.05) is 60.2 Å². The van der Waals surface area contributed by atoms with E-state index in [1.165, 1.54) is 12.1 Å². The molecule has 5 heterocycles. The van der Waals surface area contributed by atoms with Crippen LogP contribution in [0.25, 0.3) is 16.8 Å². The SMILES string of the molecule is Nc1nccn2c([C@@H]3CC[C@H]4CCC(=O)N4C3)nc(-c3ccc(C(=O)Nc4cc(C(F)F)ccn4)cc3F)c12. The second-order valence-corrected chi connectivity index (χ2v) is 9.79. The van der Waals surface area contributed by atoms with Gasteiger partial charge < -0.3 is 16.0 Å². The highest BCUT2D eigenvalue weighted by atomic mass is 19.3. The van der Waals surface area contributed by atoms with Crippen LogP contribution in [0.15, 0.2) is 48.9 Å². The zero-order valence-corrected chi connectivity index (χ0v) is 20.7. The van der Waals surface area contributed by atoms with Gasteiger partial charge in [0.25, 0.3) is 12.3 Å². The zero-order valence-electron chi connectivity index (χ0n) is 20.7. The van der Waals surface area contributed by atoms with Crippen LogP contribution < -0.4 is 11.1 Å². The Morgan fingerprint density at radius 1 is 1.10 bits per heavy atom. The van der Waals surface area contributed by atoms with E-state index in [9.17, 15) is 18.4 Å². The van der Waals surface area contributed by atoms with Crippen LogP contribution in [0.2, 0.25) is 0 Å². The quantitative estimate of drug-likeness (QED) is 0.387. The first-order chi connectivity index (χ1) is 18.8. The molecule has 2 aliphatic rings. The van der Waals surface area contributed by atoms with Crippen molar-refractivity contribution in [3.63, 3.8) is 0 Å². The van der Waals surface area contributed by atoms with Crippen LogP contribution in [-0.4, -0.2) is 48.7 Å². The first-order valence-electron chi connectivity index (χ1n) is 12.6. The third kappa shape index (κ3) is 4.45. The first-order valence-corrected chi connectivity index (χ1v) is 12.6. The van der Waals surface area contributed by atoms with E-state index in [1.54, 1.807) is 16.8 Å². The minimum absolute atomic E-state index is 0.0267. The molecule has 200 valence electrons. The van der Waals surface area contributed by atoms with Crippen LogP contribution >= 0.6 is 0 Å². The van der Waals surface area contributed by atoms with Gasteiger partial charge in [-0.2, -0.15) is 0 Å². The summed E-state index contributed by atoms with van der Waals surface area (Å²) in [7, 11) is 0. The fourth-order valence-corrected chi connectivity index (χ4v) is 5.53. The van der Waals surface area contributed by atoms with Crippen molar-refractivity contribution >= 4 is 29.0 Å². The van der Waals surface area contributed by atoms with Crippen LogP contribution in [-0.2, 0) is 4.79 Å². The number of amides is 2. The van der Waals surface area contributed by atoms with Gasteiger partial charge >= 0.3 is 0 Å². The maximum atomic E-state index is 15.5. The molecule has 0 unspecified atom stereocenters. The largest absolute Gasteiger partial charge is 0.382 e. The number of carbonyl (C=O) groups is 2. The number of nitrogens with one attached hydrogen (secondary N) is 1. The zero-order chi connectivity index (χ0) is 27.3. The molecule has 0 spiro atoms. The molecule has 0 bridgehead atoms. The summed E-state index contributed by atoms with van der Waals surface area (Å²) in [5.74, 6) is -0.578. The standard InChI is InChI=1S/C27H24F3N7O2/c28-19-11-15(27(39)34-20-12-14(24(29)30)7-8-32-20)2-5-18(19)22-23-25(31)33-9-10-36(23)26(35-22)16-1-3-17-4-6-21(38)37(17)13-16/h2,5,7-12,16-17,24H,1,3-4,6,13H2,(H2,31,33)(H,32,34,39)/t16-,17+/m1/s1. The fourth-order valence-electron chi connectivity index (χ4n) is 5.53. The number of rotatable bonds is 5. The lowest BCUT2D eigenvalue weighted by molar-refractivity contribution is -0.130. The molecule has 4 aromatic rings. The molecule has 2 fully saturated rings. The second kappa shape index (κ2) is 9.68. The van der Waals surface area contributed by atoms with Crippen LogP contribution in [0.5, 0.6) is 0 Å². The van der Waals surface area contributed by atoms with Gasteiger partial charge in [-0.3, -0.25) is 14.0 Å². The average molecular weight is 536 g/mol. The van der Waals surface area contributed by atoms with Gasteiger partial charge in [0.05, 0.1) is 0 Å². The van der Waals surface area contributed by atoms with Gasteiger partial charge in [0.15, 0.2) is 0 Å². The van der Waals surface area contributed by atoms with Crippen molar-refractivity contribution in [3.8, 4) is 11.3 Å². The summed E-state index contributed by atoms with van der Waals surface area (Å²) in [6.07, 6.45) is 4.83. The molecule has 6 rings (SSSR count). The smallest absolute Gasteiger partial charge is 0.264 e. The Morgan fingerprint density at radius 2 is 1.95 bits per heavy atom. The van der Waals surface area contributed by atoms with Crippen molar-refractivity contribution in [1.82, 2.24) is 24.3 Å². The summed E-state index contributed by atoms with van der Waals surface area (Å²) >= 11 is 0. The molecular weight excluding hydrogens is 511 g/mol. The number of halogens is 3. The van der Waals surface area contributed by atoms with Crippen molar-refractivity contribution < 1.29 is 22.8 Å². The Hall–Kier alpha value is -4.48. The number of hydrogen-bond acceptors (Lipinski definition) is 6. The van der Waals surface area contributed by atoms with E-state index >= 15 is 4.39 Å². The van der Waals surface area contributed by atoms with E-state index in [2.05, 4.69) is 15.3 Å². The Labute approximate surface area is 220 Å². The molecule has 2 saturated heterocycles. The van der Waals surface area contributed by atoms with Crippen molar-refractivity contribution in [2.45, 2.75) is 44.1 Å². The van der Waals surface area contributed by atoms with Crippen molar-refractivity contribution in [1.29, 1.82) is 0 Å². The number of carbonyl (C=O) groups excluding carboxylic acids is 2. The predicted molar refractivity (Wildman–Crippen MR) is 137 cm³/mol. The lowest BCUT2D eigenvalue weighted by Gasteiger charge is -2.34. The van der Waals surface area contributed by atoms with Crippen LogP contribution in [0.4, 0.5) is 24.8 Å². The minimum Gasteiger partial charge on any atom is -0.382 e. The molecule has 9 nitrogen and oxygen atoms in total. The summed E-state index contributed by atoms with van der Waals surface area (Å²) < 4.78 is 43.2. The highest BCUT2D eigenvalue weighted by molar-refractivity contribution is 6.04. The molecule has 1 aromatic carbocycles. The van der Waals surface area contributed by atoms with E-state index in [4.69, 9.17) is 10.7 Å². The van der Waals surface area contributed by atoms with Gasteiger partial charge in [-0.1, -0.05) is 0 Å². The molecule has 0 radical (unpaired) electrons. The van der Waals surface area contributed by atoms with E-state index < -0.39 is 18.1 Å². The number of alkyl halides is 2. The molecule has 12 heteroatoms. The van der Waals surface area contributed by atoms with E-state index in [1.807, 2.05) is 4.90 Å². The average Bonchev–Trinajstić information content (AvgIpc) is 3.50. The summed E-state index contributed by atoms with van der Waals surface area (Å²) in [6, 6.07) is 6.35. The van der Waals surface area contributed by atoms with Crippen molar-refractivity contribution in [2.24, 2.45) is 0 Å². The predicted octanol–water partition coefficient (Wildman–Crippen LogP) is 4.57. The molecule has 3 aromatic heterocycles. The Bertz CT molecular complexity index is 1610. The maximum absolute atomic E-state index is 15.5. The highest BCUT2D eigenvalue weighted by Crippen LogP contribution is 2.38. The highest BCUT2D eigenvalue weighted by Gasteiger charge is 2.38. The van der Waals surface area contributed by atoms with Gasteiger partial charge in [0.2, 0.25) is 5.91 Å². The number of hydrogen-bond donors (Lipinski definition) is 2. The number of pyridine rings is 1. The number of piperidine rings is 1. The number of imidazole rings is 1. The second-order valence-electron chi connectivity index (χ2n) is 9.79. The summed E-state index contributed by atoms with van der Waals surface area (Å²) in [5, 5.41) is 2.42. The molecular formula is C27H24F3N7O2. The van der Waals surface area contributed by atoms with Crippen LogP contribution in [0.3, 0.4) is 0 Å². The number of aromatic nitrogens is 4. The molecule has 2 atom stereocenters. The molecule has 2 aliphatic heterocycles. The molecule has 2 amide bonds. The van der Waals surface area contributed by atoms with Gasteiger partial charge in [0.1, 0.15) is 34.5 Å². The monoisotopic (exact) mass is 535 g/mol. The van der Waals surface area contributed by atoms with E-state index in [0.717, 1.165) is 43.7 Å². The number of nitrogen functional groups attached to an aromatic ring is 1. The van der Waals surface area contributed by atoms with Gasteiger partial charge in [-0.25, -0.2) is 28.1 Å². The number of nitrogens with zero attached hydrogens (tertiary/aromatic N) is 5. The lowest BCUT2D eigenvalue weighted by atomic mass is 9.92. The lowest BCUT2D eigenvalue weighted by Crippen LogP contribution is -2.41. The van der Waals surface area contributed by atoms with E-state index in [-0.39, 0.29) is 51.9 Å². The summed E-state index contributed by atoms with van der Waals surface area (Å²) in [4.78, 5) is 39.8. The van der Waals surface area contributed by atoms with Crippen LogP contribution in [0, 0.1) is 5.82 Å². The number of benzene rings is 1. The minimum atomic E-state index is -2.72. The molecule has 0 aliphatic carbocycles. The number of fused-ring (bicyclic) bond motifs is 2. The van der Waals surface area contributed by atoms with Gasteiger partial charge in [-0.05, 0) is 49.6 Å². The first kappa shape index (κ1) is 24.8. The molecule has 0 saturated carbocycles.